The minimum Gasteiger partial charge on any atom is -0.481 e. The molecule has 1 aliphatic rings. The van der Waals surface area contributed by atoms with Crippen molar-refractivity contribution < 1.29 is 9.90 Å². The van der Waals surface area contributed by atoms with Gasteiger partial charge in [0.2, 0.25) is 0 Å². The van der Waals surface area contributed by atoms with Crippen LogP contribution in [0.15, 0.2) is 12.4 Å². The Kier molecular flexibility index (Phi) is 2.99. The molecule has 0 amide bonds. The molecule has 1 fully saturated rings. The molecule has 1 heterocycles. The normalized spacial score (nSPS) is 25.6. The molecule has 0 radical (unpaired) electrons. The molecule has 0 aromatic carbocycles. The van der Waals surface area contributed by atoms with Crippen LogP contribution in [0.5, 0.6) is 0 Å². The number of carbonyl (C=O) groups is 1. The third-order valence-electron chi connectivity index (χ3n) is 3.10. The van der Waals surface area contributed by atoms with Gasteiger partial charge in [-0.05, 0) is 31.6 Å². The molecule has 15 heavy (non-hydrogen) atoms. The van der Waals surface area contributed by atoms with Crippen molar-refractivity contribution in [2.45, 2.75) is 38.1 Å². The lowest BCUT2D eigenvalue weighted by Crippen LogP contribution is -2.07. The number of hydrogen-bond acceptors (Lipinski definition) is 3. The van der Waals surface area contributed by atoms with Crippen molar-refractivity contribution in [2.24, 2.45) is 5.92 Å². The molecule has 2 atom stereocenters. The number of aromatic nitrogens is 3. The van der Waals surface area contributed by atoms with Crippen molar-refractivity contribution in [3.63, 3.8) is 0 Å². The minimum atomic E-state index is -0.695. The number of carboxylic acids is 1. The fraction of sp³-hybridized carbons (Fsp3) is 0.700. The Morgan fingerprint density at radius 2 is 2.40 bits per heavy atom. The van der Waals surface area contributed by atoms with E-state index in [2.05, 4.69) is 10.3 Å². The van der Waals surface area contributed by atoms with E-state index in [0.717, 1.165) is 25.7 Å². The van der Waals surface area contributed by atoms with Gasteiger partial charge in [-0.2, -0.15) is 0 Å². The minimum absolute atomic E-state index is 0.286. The number of carboxylic acid groups (broad SMARTS) is 1. The molecular formula is C10H15N3O2. The summed E-state index contributed by atoms with van der Waals surface area (Å²) in [6, 6.07) is 0.422. The molecule has 1 N–H and O–H groups in total. The largest absolute Gasteiger partial charge is 0.481 e. The van der Waals surface area contributed by atoms with E-state index in [1.165, 1.54) is 0 Å². The van der Waals surface area contributed by atoms with Gasteiger partial charge in [-0.15, -0.1) is 5.10 Å². The second kappa shape index (κ2) is 4.42. The fourth-order valence-electron chi connectivity index (χ4n) is 2.29. The second-order valence-corrected chi connectivity index (χ2v) is 4.15. The molecule has 0 spiro atoms. The highest BCUT2D eigenvalue weighted by molar-refractivity contribution is 5.66. The van der Waals surface area contributed by atoms with Crippen molar-refractivity contribution in [2.75, 3.05) is 0 Å². The van der Waals surface area contributed by atoms with Crippen LogP contribution in [0.25, 0.3) is 0 Å². The van der Waals surface area contributed by atoms with E-state index in [4.69, 9.17) is 5.11 Å². The quantitative estimate of drug-likeness (QED) is 0.815. The second-order valence-electron chi connectivity index (χ2n) is 4.15. The third-order valence-corrected chi connectivity index (χ3v) is 3.10. The van der Waals surface area contributed by atoms with Gasteiger partial charge in [0.05, 0.1) is 12.2 Å². The molecular weight excluding hydrogens is 194 g/mol. The highest BCUT2D eigenvalue weighted by Crippen LogP contribution is 2.36. The van der Waals surface area contributed by atoms with Gasteiger partial charge in [-0.1, -0.05) is 5.21 Å². The lowest BCUT2D eigenvalue weighted by atomic mass is 10.0. The number of hydrogen-bond donors (Lipinski definition) is 1. The van der Waals surface area contributed by atoms with E-state index in [1.807, 2.05) is 10.9 Å². The molecule has 1 aromatic heterocycles. The van der Waals surface area contributed by atoms with Crippen LogP contribution in [0.1, 0.15) is 38.1 Å². The standard InChI is InChI=1S/C10H15N3O2/c14-10(15)4-2-8-1-3-9(7-8)13-6-5-11-12-13/h5-6,8-9H,1-4,7H2,(H,14,15). The Morgan fingerprint density at radius 1 is 1.53 bits per heavy atom. The highest BCUT2D eigenvalue weighted by atomic mass is 16.4. The fourth-order valence-corrected chi connectivity index (χ4v) is 2.29. The van der Waals surface area contributed by atoms with Crippen LogP contribution < -0.4 is 0 Å². The van der Waals surface area contributed by atoms with Gasteiger partial charge < -0.3 is 5.11 Å². The first-order valence-corrected chi connectivity index (χ1v) is 5.33. The first kappa shape index (κ1) is 10.1. The molecule has 0 saturated heterocycles. The summed E-state index contributed by atoms with van der Waals surface area (Å²) in [7, 11) is 0. The van der Waals surface area contributed by atoms with Crippen LogP contribution >= 0.6 is 0 Å². The molecule has 5 nitrogen and oxygen atoms in total. The summed E-state index contributed by atoms with van der Waals surface area (Å²) in [5.74, 6) is -0.158. The average Bonchev–Trinajstić information content (AvgIpc) is 2.85. The monoisotopic (exact) mass is 209 g/mol. The van der Waals surface area contributed by atoms with Crippen LogP contribution in [0, 0.1) is 5.92 Å². The summed E-state index contributed by atoms with van der Waals surface area (Å²) in [4.78, 5) is 10.4. The van der Waals surface area contributed by atoms with Crippen molar-refractivity contribution in [1.29, 1.82) is 0 Å². The van der Waals surface area contributed by atoms with E-state index in [9.17, 15) is 4.79 Å². The molecule has 1 aliphatic carbocycles. The van der Waals surface area contributed by atoms with E-state index in [1.54, 1.807) is 6.20 Å². The van der Waals surface area contributed by atoms with Gasteiger partial charge in [0.1, 0.15) is 0 Å². The van der Waals surface area contributed by atoms with E-state index < -0.39 is 5.97 Å². The van der Waals surface area contributed by atoms with Gasteiger partial charge in [0.15, 0.2) is 0 Å². The SMILES string of the molecule is O=C(O)CCC1CCC(n2ccnn2)C1. The van der Waals surface area contributed by atoms with Crippen LogP contribution in [0.4, 0.5) is 0 Å². The summed E-state index contributed by atoms with van der Waals surface area (Å²) >= 11 is 0. The maximum absolute atomic E-state index is 10.4. The Morgan fingerprint density at radius 3 is 3.07 bits per heavy atom. The average molecular weight is 209 g/mol. The first-order chi connectivity index (χ1) is 7.25. The Labute approximate surface area is 88.1 Å². The number of nitrogens with zero attached hydrogens (tertiary/aromatic N) is 3. The van der Waals surface area contributed by atoms with Gasteiger partial charge in [0.25, 0.3) is 0 Å². The molecule has 82 valence electrons. The molecule has 2 unspecified atom stereocenters. The molecule has 0 aliphatic heterocycles. The Hall–Kier alpha value is -1.39. The summed E-state index contributed by atoms with van der Waals surface area (Å²) in [6.45, 7) is 0. The summed E-state index contributed by atoms with van der Waals surface area (Å²) in [5.41, 5.74) is 0. The van der Waals surface area contributed by atoms with Crippen LogP contribution in [0.2, 0.25) is 0 Å². The maximum atomic E-state index is 10.4. The van der Waals surface area contributed by atoms with Crippen molar-refractivity contribution in [1.82, 2.24) is 15.0 Å². The molecule has 5 heteroatoms. The predicted molar refractivity (Wildman–Crippen MR) is 53.3 cm³/mol. The topological polar surface area (TPSA) is 68.0 Å². The zero-order valence-corrected chi connectivity index (χ0v) is 8.54. The number of aliphatic carboxylic acids is 1. The van der Waals surface area contributed by atoms with Gasteiger partial charge in [0, 0.05) is 12.6 Å². The molecule has 1 aromatic rings. The zero-order chi connectivity index (χ0) is 10.7. The predicted octanol–water partition coefficient (Wildman–Crippen LogP) is 1.48. The summed E-state index contributed by atoms with van der Waals surface area (Å²) in [5, 5.41) is 16.4. The smallest absolute Gasteiger partial charge is 0.303 e. The molecule has 0 bridgehead atoms. The highest BCUT2D eigenvalue weighted by Gasteiger charge is 2.26. The Bertz CT molecular complexity index is 323. The van der Waals surface area contributed by atoms with Gasteiger partial charge in [-0.3, -0.25) is 4.79 Å². The van der Waals surface area contributed by atoms with Gasteiger partial charge >= 0.3 is 5.97 Å². The van der Waals surface area contributed by atoms with Gasteiger partial charge in [-0.25, -0.2) is 4.68 Å². The van der Waals surface area contributed by atoms with E-state index in [0.29, 0.717) is 12.0 Å². The first-order valence-electron chi connectivity index (χ1n) is 5.33. The Balaban J connectivity index is 1.82. The lowest BCUT2D eigenvalue weighted by molar-refractivity contribution is -0.137. The maximum Gasteiger partial charge on any atom is 0.303 e. The van der Waals surface area contributed by atoms with E-state index >= 15 is 0 Å². The van der Waals surface area contributed by atoms with Crippen molar-refractivity contribution in [3.05, 3.63) is 12.4 Å². The van der Waals surface area contributed by atoms with Crippen LogP contribution in [0.3, 0.4) is 0 Å². The molecule has 2 rings (SSSR count). The van der Waals surface area contributed by atoms with Crippen LogP contribution in [-0.2, 0) is 4.79 Å². The van der Waals surface area contributed by atoms with Crippen molar-refractivity contribution in [3.8, 4) is 0 Å². The van der Waals surface area contributed by atoms with Crippen molar-refractivity contribution >= 4 is 5.97 Å². The third kappa shape index (κ3) is 2.55. The molecule has 1 saturated carbocycles. The zero-order valence-electron chi connectivity index (χ0n) is 8.54. The summed E-state index contributed by atoms with van der Waals surface area (Å²) in [6.07, 6.45) is 7.88. The lowest BCUT2D eigenvalue weighted by Gasteiger charge is -2.09. The number of rotatable bonds is 4. The van der Waals surface area contributed by atoms with E-state index in [-0.39, 0.29) is 6.42 Å². The summed E-state index contributed by atoms with van der Waals surface area (Å²) < 4.78 is 1.89. The van der Waals surface area contributed by atoms with Crippen LogP contribution in [-0.4, -0.2) is 26.1 Å².